The second-order valence-corrected chi connectivity index (χ2v) is 5.64. The van der Waals surface area contributed by atoms with Gasteiger partial charge in [-0.1, -0.05) is 0 Å². The van der Waals surface area contributed by atoms with Crippen molar-refractivity contribution in [2.24, 2.45) is 5.92 Å². The number of nitrogens with zero attached hydrogens (tertiary/aromatic N) is 1. The van der Waals surface area contributed by atoms with Crippen LogP contribution in [0.5, 0.6) is 0 Å². The van der Waals surface area contributed by atoms with Gasteiger partial charge in [0.2, 0.25) is 0 Å². The van der Waals surface area contributed by atoms with Crippen LogP contribution >= 0.6 is 0 Å². The van der Waals surface area contributed by atoms with Gasteiger partial charge in [0.1, 0.15) is 0 Å². The van der Waals surface area contributed by atoms with Crippen LogP contribution in [0, 0.1) is 19.8 Å². The summed E-state index contributed by atoms with van der Waals surface area (Å²) in [4.78, 5) is 12.6. The standard InChI is InChI=1S/C15H24N2O/c1-10(2)17-11(3)9-14(12(17)4)15(18)13-5-7-16-8-6-13/h9-10,13,16H,5-8H2,1-4H3. The molecule has 18 heavy (non-hydrogen) atoms. The zero-order valence-corrected chi connectivity index (χ0v) is 11.9. The Morgan fingerprint density at radius 3 is 2.44 bits per heavy atom. The summed E-state index contributed by atoms with van der Waals surface area (Å²) >= 11 is 0. The number of piperidine rings is 1. The molecule has 1 aromatic rings. The van der Waals surface area contributed by atoms with Crippen molar-refractivity contribution in [3.63, 3.8) is 0 Å². The van der Waals surface area contributed by atoms with E-state index in [4.69, 9.17) is 0 Å². The van der Waals surface area contributed by atoms with Crippen LogP contribution in [0.4, 0.5) is 0 Å². The van der Waals surface area contributed by atoms with Gasteiger partial charge in [-0.25, -0.2) is 0 Å². The second kappa shape index (κ2) is 5.27. The topological polar surface area (TPSA) is 34.0 Å². The molecule has 0 spiro atoms. The van der Waals surface area contributed by atoms with Gasteiger partial charge in [-0.3, -0.25) is 4.79 Å². The molecule has 3 nitrogen and oxygen atoms in total. The van der Waals surface area contributed by atoms with Crippen molar-refractivity contribution in [2.75, 3.05) is 13.1 Å². The Hall–Kier alpha value is -1.09. The predicted molar refractivity (Wildman–Crippen MR) is 74.2 cm³/mol. The molecule has 0 bridgehead atoms. The van der Waals surface area contributed by atoms with Crippen LogP contribution in [0.3, 0.4) is 0 Å². The van der Waals surface area contributed by atoms with Crippen molar-refractivity contribution in [3.8, 4) is 0 Å². The molecular formula is C15H24N2O. The fourth-order valence-electron chi connectivity index (χ4n) is 3.13. The lowest BCUT2D eigenvalue weighted by atomic mass is 9.89. The van der Waals surface area contributed by atoms with Gasteiger partial charge in [-0.2, -0.15) is 0 Å². The van der Waals surface area contributed by atoms with Crippen molar-refractivity contribution in [1.82, 2.24) is 9.88 Å². The SMILES string of the molecule is Cc1cc(C(=O)C2CCNCC2)c(C)n1C(C)C. The maximum atomic E-state index is 12.6. The lowest BCUT2D eigenvalue weighted by Crippen LogP contribution is -2.32. The average Bonchev–Trinajstić information content (AvgIpc) is 2.65. The minimum atomic E-state index is 0.215. The van der Waals surface area contributed by atoms with E-state index in [1.807, 2.05) is 0 Å². The number of carbonyl (C=O) groups excluding carboxylic acids is 1. The summed E-state index contributed by atoms with van der Waals surface area (Å²) in [6.45, 7) is 10.4. The van der Waals surface area contributed by atoms with E-state index in [-0.39, 0.29) is 5.92 Å². The molecule has 1 N–H and O–H groups in total. The molecule has 1 aromatic heterocycles. The highest BCUT2D eigenvalue weighted by Gasteiger charge is 2.25. The van der Waals surface area contributed by atoms with Gasteiger partial charge in [-0.05, 0) is 59.7 Å². The van der Waals surface area contributed by atoms with Gasteiger partial charge in [0, 0.05) is 28.9 Å². The highest BCUT2D eigenvalue weighted by atomic mass is 16.1. The van der Waals surface area contributed by atoms with E-state index in [2.05, 4.69) is 43.6 Å². The normalized spacial score (nSPS) is 17.4. The summed E-state index contributed by atoms with van der Waals surface area (Å²) in [6, 6.07) is 2.49. The summed E-state index contributed by atoms with van der Waals surface area (Å²) in [7, 11) is 0. The maximum Gasteiger partial charge on any atom is 0.167 e. The van der Waals surface area contributed by atoms with E-state index in [0.717, 1.165) is 37.2 Å². The third-order valence-electron chi connectivity index (χ3n) is 3.98. The molecule has 0 unspecified atom stereocenters. The third-order valence-corrected chi connectivity index (χ3v) is 3.98. The van der Waals surface area contributed by atoms with Crippen molar-refractivity contribution in [2.45, 2.75) is 46.6 Å². The Labute approximate surface area is 110 Å². The van der Waals surface area contributed by atoms with Crippen LogP contribution < -0.4 is 5.32 Å². The second-order valence-electron chi connectivity index (χ2n) is 5.64. The van der Waals surface area contributed by atoms with Crippen molar-refractivity contribution in [3.05, 3.63) is 23.0 Å². The molecule has 1 aliphatic heterocycles. The fraction of sp³-hybridized carbons (Fsp3) is 0.667. The first-order chi connectivity index (χ1) is 8.52. The lowest BCUT2D eigenvalue weighted by Gasteiger charge is -2.21. The van der Waals surface area contributed by atoms with E-state index in [1.54, 1.807) is 0 Å². The number of aryl methyl sites for hydroxylation is 1. The van der Waals surface area contributed by atoms with Crippen LogP contribution in [0.2, 0.25) is 0 Å². The number of aromatic nitrogens is 1. The molecule has 1 aliphatic rings. The average molecular weight is 248 g/mol. The van der Waals surface area contributed by atoms with Gasteiger partial charge in [0.15, 0.2) is 5.78 Å². The molecule has 0 aromatic carbocycles. The van der Waals surface area contributed by atoms with Crippen LogP contribution in [-0.2, 0) is 0 Å². The number of Topliss-reactive ketones (excluding diaryl/α,β-unsaturated/α-hetero) is 1. The minimum absolute atomic E-state index is 0.215. The molecule has 0 amide bonds. The molecule has 0 atom stereocenters. The summed E-state index contributed by atoms with van der Waals surface area (Å²) in [5, 5.41) is 3.31. The van der Waals surface area contributed by atoms with Gasteiger partial charge < -0.3 is 9.88 Å². The molecule has 0 aliphatic carbocycles. The number of ketones is 1. The monoisotopic (exact) mass is 248 g/mol. The first kappa shape index (κ1) is 13.3. The van der Waals surface area contributed by atoms with Crippen molar-refractivity contribution < 1.29 is 4.79 Å². The van der Waals surface area contributed by atoms with Gasteiger partial charge in [-0.15, -0.1) is 0 Å². The quantitative estimate of drug-likeness (QED) is 0.835. The summed E-state index contributed by atoms with van der Waals surface area (Å²) in [5.41, 5.74) is 3.26. The molecule has 2 heterocycles. The molecule has 0 saturated carbocycles. The first-order valence-electron chi connectivity index (χ1n) is 6.95. The van der Waals surface area contributed by atoms with Crippen molar-refractivity contribution >= 4 is 5.78 Å². The van der Waals surface area contributed by atoms with E-state index >= 15 is 0 Å². The number of hydrogen-bond donors (Lipinski definition) is 1. The molecular weight excluding hydrogens is 224 g/mol. The number of carbonyl (C=O) groups is 1. The largest absolute Gasteiger partial charge is 0.346 e. The maximum absolute atomic E-state index is 12.6. The number of nitrogens with one attached hydrogen (secondary N) is 1. The van der Waals surface area contributed by atoms with E-state index in [1.165, 1.54) is 5.69 Å². The zero-order valence-electron chi connectivity index (χ0n) is 11.9. The first-order valence-corrected chi connectivity index (χ1v) is 6.95. The molecule has 0 radical (unpaired) electrons. The highest BCUT2D eigenvalue weighted by molar-refractivity contribution is 5.99. The lowest BCUT2D eigenvalue weighted by molar-refractivity contribution is 0.0894. The molecule has 100 valence electrons. The van der Waals surface area contributed by atoms with Crippen LogP contribution in [0.1, 0.15) is 54.5 Å². The van der Waals surface area contributed by atoms with Crippen LogP contribution in [0.25, 0.3) is 0 Å². The predicted octanol–water partition coefficient (Wildman–Crippen LogP) is 2.87. The number of rotatable bonds is 3. The van der Waals surface area contributed by atoms with E-state index < -0.39 is 0 Å². The van der Waals surface area contributed by atoms with E-state index in [9.17, 15) is 4.79 Å². The Kier molecular flexibility index (Phi) is 3.91. The number of hydrogen-bond acceptors (Lipinski definition) is 2. The zero-order chi connectivity index (χ0) is 13.3. The van der Waals surface area contributed by atoms with Gasteiger partial charge >= 0.3 is 0 Å². The molecule has 1 saturated heterocycles. The highest BCUT2D eigenvalue weighted by Crippen LogP contribution is 2.25. The Morgan fingerprint density at radius 2 is 1.94 bits per heavy atom. The van der Waals surface area contributed by atoms with E-state index in [0.29, 0.717) is 11.8 Å². The minimum Gasteiger partial charge on any atom is -0.346 e. The molecule has 2 rings (SSSR count). The smallest absolute Gasteiger partial charge is 0.167 e. The summed E-state index contributed by atoms with van der Waals surface area (Å²) < 4.78 is 2.26. The van der Waals surface area contributed by atoms with Gasteiger partial charge in [0.05, 0.1) is 0 Å². The Balaban J connectivity index is 2.28. The summed E-state index contributed by atoms with van der Waals surface area (Å²) in [5.74, 6) is 0.559. The summed E-state index contributed by atoms with van der Waals surface area (Å²) in [6.07, 6.45) is 1.95. The Morgan fingerprint density at radius 1 is 1.33 bits per heavy atom. The third kappa shape index (κ3) is 2.37. The van der Waals surface area contributed by atoms with Gasteiger partial charge in [0.25, 0.3) is 0 Å². The molecule has 1 fully saturated rings. The van der Waals surface area contributed by atoms with Crippen LogP contribution in [-0.4, -0.2) is 23.4 Å². The van der Waals surface area contributed by atoms with Crippen LogP contribution in [0.15, 0.2) is 6.07 Å². The van der Waals surface area contributed by atoms with Crippen molar-refractivity contribution in [1.29, 1.82) is 0 Å². The molecule has 3 heteroatoms. The Bertz CT molecular complexity index is 440. The fourth-order valence-corrected chi connectivity index (χ4v) is 3.13.